The Morgan fingerprint density at radius 2 is 1.29 bits per heavy atom. The van der Waals surface area contributed by atoms with Crippen LogP contribution < -0.4 is 21.9 Å². The molecule has 0 aromatic heterocycles. The smallest absolute Gasteiger partial charge is 0.0801 e. The molecule has 0 aliphatic heterocycles. The van der Waals surface area contributed by atoms with E-state index in [-0.39, 0.29) is 17.0 Å². The summed E-state index contributed by atoms with van der Waals surface area (Å²) in [6.45, 7) is 3.54. The standard InChI is InChI=1S/C15H31N.BrH/c1-4-5-6-7-8-9-10-11-12-13-14-15-16(2)3;/h12-13H,4-11,14-15H2,1-3H3;1H/b13-12+;. The number of unbranched alkanes of at least 4 members (excludes halogenated alkanes) is 7. The van der Waals surface area contributed by atoms with Crippen LogP contribution in [0.15, 0.2) is 12.2 Å². The van der Waals surface area contributed by atoms with Crippen molar-refractivity contribution in [2.45, 2.75) is 64.7 Å². The Hall–Kier alpha value is 0.180. The molecule has 0 atom stereocenters. The zero-order chi connectivity index (χ0) is 12.1. The fraction of sp³-hybridized carbons (Fsp3) is 0.867. The molecule has 0 aliphatic carbocycles. The van der Waals surface area contributed by atoms with Crippen LogP contribution in [-0.4, -0.2) is 20.6 Å². The van der Waals surface area contributed by atoms with Crippen LogP contribution in [0.5, 0.6) is 0 Å². The maximum absolute atomic E-state index is 2.37. The molecule has 0 rings (SSSR count). The lowest BCUT2D eigenvalue weighted by Gasteiger charge is -2.03. The highest BCUT2D eigenvalue weighted by molar-refractivity contribution is 4.80. The molecule has 2 heteroatoms. The summed E-state index contributed by atoms with van der Waals surface area (Å²) in [5.41, 5.74) is 0. The summed E-state index contributed by atoms with van der Waals surface area (Å²) in [6.07, 6.45) is 17.2. The van der Waals surface area contributed by atoms with Crippen LogP contribution in [0, 0.1) is 0 Å². The Morgan fingerprint density at radius 1 is 0.765 bits per heavy atom. The number of halogens is 1. The van der Waals surface area contributed by atoms with Gasteiger partial charge in [-0.3, -0.25) is 0 Å². The van der Waals surface area contributed by atoms with Gasteiger partial charge in [0, 0.05) is 6.42 Å². The molecule has 0 unspecified atom stereocenters. The van der Waals surface area contributed by atoms with E-state index in [0.717, 1.165) is 0 Å². The molecule has 0 aromatic rings. The van der Waals surface area contributed by atoms with Crippen LogP contribution in [-0.2, 0) is 0 Å². The largest absolute Gasteiger partial charge is 1.00 e. The van der Waals surface area contributed by atoms with E-state index in [9.17, 15) is 0 Å². The Kier molecular flexibility index (Phi) is 18.6. The quantitative estimate of drug-likeness (QED) is 0.411. The van der Waals surface area contributed by atoms with Crippen molar-refractivity contribution in [2.75, 3.05) is 20.6 Å². The van der Waals surface area contributed by atoms with E-state index < -0.39 is 0 Å². The molecular weight excluding hydrogens is 274 g/mol. The first kappa shape index (κ1) is 19.5. The molecule has 0 aliphatic rings. The SMILES string of the molecule is CCCCCCCCC/C=C/CC[NH+](C)C.[Br-]. The number of hydrogen-bond donors (Lipinski definition) is 1. The van der Waals surface area contributed by atoms with E-state index in [2.05, 4.69) is 33.2 Å². The molecule has 104 valence electrons. The summed E-state index contributed by atoms with van der Waals surface area (Å²) in [4.78, 5) is 1.54. The van der Waals surface area contributed by atoms with Crippen molar-refractivity contribution >= 4 is 0 Å². The average molecular weight is 306 g/mol. The van der Waals surface area contributed by atoms with Crippen LogP contribution >= 0.6 is 0 Å². The molecule has 0 radical (unpaired) electrons. The highest BCUT2D eigenvalue weighted by atomic mass is 79.9. The van der Waals surface area contributed by atoms with Crippen molar-refractivity contribution in [1.29, 1.82) is 0 Å². The average Bonchev–Trinajstić information content (AvgIpc) is 2.25. The first-order chi connectivity index (χ1) is 7.77. The van der Waals surface area contributed by atoms with Gasteiger partial charge in [-0.25, -0.2) is 0 Å². The molecule has 1 nitrogen and oxygen atoms in total. The predicted octanol–water partition coefficient (Wildman–Crippen LogP) is 0.222. The van der Waals surface area contributed by atoms with E-state index in [4.69, 9.17) is 0 Å². The van der Waals surface area contributed by atoms with Crippen LogP contribution in [0.3, 0.4) is 0 Å². The van der Waals surface area contributed by atoms with Crippen molar-refractivity contribution in [3.63, 3.8) is 0 Å². The molecule has 0 heterocycles. The van der Waals surface area contributed by atoms with Gasteiger partial charge < -0.3 is 21.9 Å². The highest BCUT2D eigenvalue weighted by Gasteiger charge is 1.90. The lowest BCUT2D eigenvalue weighted by Crippen LogP contribution is -3.05. The van der Waals surface area contributed by atoms with E-state index >= 15 is 0 Å². The zero-order valence-corrected chi connectivity index (χ0v) is 13.7. The predicted molar refractivity (Wildman–Crippen MR) is 74.0 cm³/mol. The minimum atomic E-state index is 0. The first-order valence-corrected chi connectivity index (χ1v) is 7.21. The minimum absolute atomic E-state index is 0. The summed E-state index contributed by atoms with van der Waals surface area (Å²) < 4.78 is 0. The van der Waals surface area contributed by atoms with Crippen molar-refractivity contribution in [3.05, 3.63) is 12.2 Å². The lowest BCUT2D eigenvalue weighted by atomic mass is 10.1. The summed E-state index contributed by atoms with van der Waals surface area (Å²) in [5, 5.41) is 0. The molecule has 0 fully saturated rings. The molecule has 1 N–H and O–H groups in total. The summed E-state index contributed by atoms with van der Waals surface area (Å²) in [5.74, 6) is 0. The second kappa shape index (κ2) is 16.2. The molecule has 0 saturated carbocycles. The van der Waals surface area contributed by atoms with Gasteiger partial charge in [0.25, 0.3) is 0 Å². The van der Waals surface area contributed by atoms with E-state index in [0.29, 0.717) is 0 Å². The van der Waals surface area contributed by atoms with Crippen LogP contribution in [0.2, 0.25) is 0 Å². The number of nitrogens with one attached hydrogen (secondary N) is 1. The van der Waals surface area contributed by atoms with Crippen molar-refractivity contribution in [2.24, 2.45) is 0 Å². The molecule has 0 saturated heterocycles. The topological polar surface area (TPSA) is 4.44 Å². The van der Waals surface area contributed by atoms with Crippen LogP contribution in [0.4, 0.5) is 0 Å². The second-order valence-electron chi connectivity index (χ2n) is 5.13. The zero-order valence-electron chi connectivity index (χ0n) is 12.1. The van der Waals surface area contributed by atoms with E-state index in [1.807, 2.05) is 0 Å². The van der Waals surface area contributed by atoms with E-state index in [1.54, 1.807) is 4.90 Å². The third kappa shape index (κ3) is 18.7. The maximum atomic E-state index is 2.37. The van der Waals surface area contributed by atoms with Crippen molar-refractivity contribution < 1.29 is 21.9 Å². The number of allylic oxidation sites excluding steroid dienone is 1. The van der Waals surface area contributed by atoms with Gasteiger partial charge in [0.1, 0.15) is 0 Å². The third-order valence-corrected chi connectivity index (χ3v) is 2.95. The summed E-state index contributed by atoms with van der Waals surface area (Å²) >= 11 is 0. The molecule has 17 heavy (non-hydrogen) atoms. The number of hydrogen-bond acceptors (Lipinski definition) is 0. The van der Waals surface area contributed by atoms with Crippen molar-refractivity contribution in [3.8, 4) is 0 Å². The fourth-order valence-corrected chi connectivity index (χ4v) is 1.83. The normalized spacial score (nSPS) is 11.1. The Bertz CT molecular complexity index is 155. The Morgan fingerprint density at radius 3 is 1.88 bits per heavy atom. The maximum Gasteiger partial charge on any atom is 0.0801 e. The minimum Gasteiger partial charge on any atom is -1.00 e. The molecule has 0 spiro atoms. The van der Waals surface area contributed by atoms with Gasteiger partial charge in [-0.2, -0.15) is 0 Å². The monoisotopic (exact) mass is 305 g/mol. The molecule has 0 aromatic carbocycles. The highest BCUT2D eigenvalue weighted by Crippen LogP contribution is 2.08. The fourth-order valence-electron chi connectivity index (χ4n) is 1.83. The van der Waals surface area contributed by atoms with Crippen molar-refractivity contribution in [1.82, 2.24) is 0 Å². The Balaban J connectivity index is 0. The third-order valence-electron chi connectivity index (χ3n) is 2.95. The lowest BCUT2D eigenvalue weighted by molar-refractivity contribution is -0.857. The van der Waals surface area contributed by atoms with Crippen LogP contribution in [0.25, 0.3) is 0 Å². The molecule has 0 bridgehead atoms. The van der Waals surface area contributed by atoms with Gasteiger partial charge >= 0.3 is 0 Å². The summed E-state index contributed by atoms with van der Waals surface area (Å²) in [6, 6.07) is 0. The van der Waals surface area contributed by atoms with Gasteiger partial charge in [-0.15, -0.1) is 0 Å². The van der Waals surface area contributed by atoms with E-state index in [1.165, 1.54) is 64.3 Å². The van der Waals surface area contributed by atoms with Gasteiger partial charge in [-0.1, -0.05) is 57.6 Å². The second-order valence-corrected chi connectivity index (χ2v) is 5.13. The molecular formula is C15H32BrN. The number of rotatable bonds is 11. The van der Waals surface area contributed by atoms with Gasteiger partial charge in [0.05, 0.1) is 20.6 Å². The van der Waals surface area contributed by atoms with Gasteiger partial charge in [0.2, 0.25) is 0 Å². The number of quaternary nitrogens is 1. The first-order valence-electron chi connectivity index (χ1n) is 7.21. The van der Waals surface area contributed by atoms with Gasteiger partial charge in [-0.05, 0) is 12.8 Å². The Labute approximate surface area is 119 Å². The molecule has 0 amide bonds. The van der Waals surface area contributed by atoms with Gasteiger partial charge in [0.15, 0.2) is 0 Å². The summed E-state index contributed by atoms with van der Waals surface area (Å²) in [7, 11) is 4.42. The van der Waals surface area contributed by atoms with Crippen LogP contribution in [0.1, 0.15) is 64.7 Å².